The van der Waals surface area contributed by atoms with Crippen LogP contribution in [0.3, 0.4) is 0 Å². The van der Waals surface area contributed by atoms with E-state index in [1.54, 1.807) is 0 Å². The average molecular weight is 347 g/mol. The van der Waals surface area contributed by atoms with Gasteiger partial charge in [0.2, 0.25) is 0 Å². The molecule has 3 nitrogen and oxygen atoms in total. The fourth-order valence-electron chi connectivity index (χ4n) is 3.51. The minimum absolute atomic E-state index is 0.496. The maximum Gasteiger partial charge on any atom is 0.133 e. The van der Waals surface area contributed by atoms with Crippen molar-refractivity contribution < 1.29 is 0 Å². The lowest BCUT2D eigenvalue weighted by molar-refractivity contribution is 1.36. The molecule has 0 aliphatic heterocycles. The smallest absolute Gasteiger partial charge is 0.133 e. The minimum Gasteiger partial charge on any atom is -0.383 e. The summed E-state index contributed by atoms with van der Waals surface area (Å²) in [6.07, 6.45) is 0. The molecule has 0 aliphatic carbocycles. The number of benzene rings is 3. The van der Waals surface area contributed by atoms with E-state index >= 15 is 0 Å². The van der Waals surface area contributed by atoms with Gasteiger partial charge in [0, 0.05) is 16.3 Å². The molecule has 0 fully saturated rings. The number of rotatable bonds is 2. The molecule has 0 spiro atoms. The van der Waals surface area contributed by atoms with Crippen LogP contribution in [-0.4, -0.2) is 9.97 Å². The molecular weight excluding hydrogens is 330 g/mol. The first-order valence-electron chi connectivity index (χ1n) is 8.90. The molecule has 5 aromatic rings. The van der Waals surface area contributed by atoms with E-state index in [1.165, 1.54) is 0 Å². The van der Waals surface area contributed by atoms with Crippen molar-refractivity contribution in [1.29, 1.82) is 0 Å². The predicted octanol–water partition coefficient (Wildman–Crippen LogP) is 5.70. The first-order valence-corrected chi connectivity index (χ1v) is 8.90. The van der Waals surface area contributed by atoms with Crippen LogP contribution >= 0.6 is 0 Å². The summed E-state index contributed by atoms with van der Waals surface area (Å²) < 4.78 is 0. The molecule has 2 heterocycles. The van der Waals surface area contributed by atoms with E-state index < -0.39 is 0 Å². The van der Waals surface area contributed by atoms with Crippen molar-refractivity contribution >= 4 is 27.6 Å². The van der Waals surface area contributed by atoms with Crippen LogP contribution in [0.15, 0.2) is 91.0 Å². The third-order valence-electron chi connectivity index (χ3n) is 4.83. The zero-order valence-electron chi connectivity index (χ0n) is 14.6. The van der Waals surface area contributed by atoms with E-state index in [0.717, 1.165) is 44.2 Å². The Morgan fingerprint density at radius 2 is 1.30 bits per heavy atom. The summed E-state index contributed by atoms with van der Waals surface area (Å²) in [5.74, 6) is 0.496. The molecule has 128 valence electrons. The molecule has 0 radical (unpaired) electrons. The van der Waals surface area contributed by atoms with Crippen molar-refractivity contribution in [3.05, 3.63) is 91.0 Å². The van der Waals surface area contributed by atoms with Gasteiger partial charge in [-0.3, -0.25) is 0 Å². The van der Waals surface area contributed by atoms with Gasteiger partial charge in [-0.2, -0.15) is 0 Å². The quantitative estimate of drug-likeness (QED) is 0.446. The number of para-hydroxylation sites is 2. The second-order valence-corrected chi connectivity index (χ2v) is 6.55. The van der Waals surface area contributed by atoms with Crippen LogP contribution in [-0.2, 0) is 0 Å². The van der Waals surface area contributed by atoms with Crippen LogP contribution < -0.4 is 5.73 Å². The average Bonchev–Trinajstić information content (AvgIpc) is 2.73. The fourth-order valence-corrected chi connectivity index (χ4v) is 3.51. The van der Waals surface area contributed by atoms with Crippen molar-refractivity contribution in [2.45, 2.75) is 0 Å². The fraction of sp³-hybridized carbons (Fsp3) is 0. The summed E-state index contributed by atoms with van der Waals surface area (Å²) in [6, 6.07) is 30.7. The van der Waals surface area contributed by atoms with Crippen LogP contribution in [0.4, 0.5) is 5.82 Å². The summed E-state index contributed by atoms with van der Waals surface area (Å²) in [5.41, 5.74) is 12.1. The Labute approximate surface area is 157 Å². The molecule has 0 saturated carbocycles. The molecule has 0 aliphatic rings. The van der Waals surface area contributed by atoms with Gasteiger partial charge in [0.15, 0.2) is 0 Å². The molecule has 2 N–H and O–H groups in total. The van der Waals surface area contributed by atoms with Crippen LogP contribution in [0.1, 0.15) is 0 Å². The zero-order chi connectivity index (χ0) is 18.2. The lowest BCUT2D eigenvalue weighted by Crippen LogP contribution is -1.97. The van der Waals surface area contributed by atoms with Gasteiger partial charge in [-0.25, -0.2) is 9.97 Å². The lowest BCUT2D eigenvalue weighted by atomic mass is 9.98. The third-order valence-corrected chi connectivity index (χ3v) is 4.83. The molecule has 3 heteroatoms. The number of hydrogen-bond donors (Lipinski definition) is 1. The highest BCUT2D eigenvalue weighted by Crippen LogP contribution is 2.34. The van der Waals surface area contributed by atoms with Crippen molar-refractivity contribution in [3.63, 3.8) is 0 Å². The maximum atomic E-state index is 6.30. The molecule has 0 bridgehead atoms. The molecule has 0 atom stereocenters. The first-order chi connectivity index (χ1) is 13.3. The summed E-state index contributed by atoms with van der Waals surface area (Å²) >= 11 is 0. The molecule has 5 rings (SSSR count). The van der Waals surface area contributed by atoms with Gasteiger partial charge in [-0.1, -0.05) is 66.7 Å². The number of fused-ring (bicyclic) bond motifs is 2. The zero-order valence-corrected chi connectivity index (χ0v) is 14.6. The highest BCUT2D eigenvalue weighted by atomic mass is 14.8. The van der Waals surface area contributed by atoms with Gasteiger partial charge in [0.25, 0.3) is 0 Å². The van der Waals surface area contributed by atoms with Gasteiger partial charge in [-0.05, 0) is 35.4 Å². The maximum absolute atomic E-state index is 6.30. The predicted molar refractivity (Wildman–Crippen MR) is 112 cm³/mol. The second-order valence-electron chi connectivity index (χ2n) is 6.55. The lowest BCUT2D eigenvalue weighted by Gasteiger charge is -2.12. The SMILES string of the molecule is Nc1nc2ccccc2cc1-c1cc(-c2ccccc2)c2ccccc2n1. The van der Waals surface area contributed by atoms with Crippen molar-refractivity contribution in [1.82, 2.24) is 9.97 Å². The van der Waals surface area contributed by atoms with Crippen LogP contribution in [0.25, 0.3) is 44.2 Å². The Bertz CT molecular complexity index is 1280. The number of nitrogen functional groups attached to an aromatic ring is 1. The number of nitrogens with zero attached hydrogens (tertiary/aromatic N) is 2. The molecule has 3 aromatic carbocycles. The Balaban J connectivity index is 1.81. The van der Waals surface area contributed by atoms with Crippen LogP contribution in [0, 0.1) is 0 Å². The van der Waals surface area contributed by atoms with Gasteiger partial charge < -0.3 is 5.73 Å². The molecule has 2 aromatic heterocycles. The van der Waals surface area contributed by atoms with E-state index in [4.69, 9.17) is 10.7 Å². The Morgan fingerprint density at radius 3 is 2.15 bits per heavy atom. The molecule has 0 unspecified atom stereocenters. The summed E-state index contributed by atoms with van der Waals surface area (Å²) in [6.45, 7) is 0. The van der Waals surface area contributed by atoms with Crippen molar-refractivity contribution in [2.75, 3.05) is 5.73 Å². The Morgan fingerprint density at radius 1 is 0.593 bits per heavy atom. The third kappa shape index (κ3) is 2.70. The van der Waals surface area contributed by atoms with Crippen LogP contribution in [0.5, 0.6) is 0 Å². The number of anilines is 1. The number of nitrogens with two attached hydrogens (primary N) is 1. The molecule has 0 saturated heterocycles. The molecule has 27 heavy (non-hydrogen) atoms. The Kier molecular flexibility index (Phi) is 3.58. The standard InChI is InChI=1S/C24H17N3/c25-24-20(14-17-10-4-6-12-21(17)27-24)23-15-19(16-8-2-1-3-9-16)18-11-5-7-13-22(18)26-23/h1-15H,(H2,25,27). The monoisotopic (exact) mass is 347 g/mol. The topological polar surface area (TPSA) is 51.8 Å². The van der Waals surface area contributed by atoms with Crippen LogP contribution in [0.2, 0.25) is 0 Å². The minimum atomic E-state index is 0.496. The number of hydrogen-bond acceptors (Lipinski definition) is 3. The number of aromatic nitrogens is 2. The highest BCUT2D eigenvalue weighted by molar-refractivity contribution is 5.98. The molecular formula is C24H17N3. The van der Waals surface area contributed by atoms with E-state index in [0.29, 0.717) is 5.82 Å². The van der Waals surface area contributed by atoms with Gasteiger partial charge in [0.1, 0.15) is 5.82 Å². The van der Waals surface area contributed by atoms with Gasteiger partial charge >= 0.3 is 0 Å². The first kappa shape index (κ1) is 15.5. The van der Waals surface area contributed by atoms with Gasteiger partial charge in [-0.15, -0.1) is 0 Å². The summed E-state index contributed by atoms with van der Waals surface area (Å²) in [5, 5.41) is 2.18. The normalized spacial score (nSPS) is 11.1. The van der Waals surface area contributed by atoms with E-state index in [2.05, 4.69) is 47.4 Å². The highest BCUT2D eigenvalue weighted by Gasteiger charge is 2.12. The Hall–Kier alpha value is -3.72. The summed E-state index contributed by atoms with van der Waals surface area (Å²) in [7, 11) is 0. The van der Waals surface area contributed by atoms with Crippen molar-refractivity contribution in [3.8, 4) is 22.4 Å². The van der Waals surface area contributed by atoms with Crippen molar-refractivity contribution in [2.24, 2.45) is 0 Å². The van der Waals surface area contributed by atoms with E-state index in [-0.39, 0.29) is 0 Å². The molecule has 0 amide bonds. The second kappa shape index (κ2) is 6.22. The number of pyridine rings is 2. The van der Waals surface area contributed by atoms with Gasteiger partial charge in [0.05, 0.1) is 16.7 Å². The van der Waals surface area contributed by atoms with E-state index in [9.17, 15) is 0 Å². The van der Waals surface area contributed by atoms with E-state index in [1.807, 2.05) is 48.5 Å². The largest absolute Gasteiger partial charge is 0.383 e. The summed E-state index contributed by atoms with van der Waals surface area (Å²) in [4.78, 5) is 9.45.